The van der Waals surface area contributed by atoms with Crippen LogP contribution >= 0.6 is 24.0 Å². The molecule has 5 rings (SSSR count). The molecule has 0 unspecified atom stereocenters. The molecular formula is C21H16Cl2N4O. The van der Waals surface area contributed by atoms with Crippen molar-refractivity contribution in [2.75, 3.05) is 0 Å². The third-order valence-electron chi connectivity index (χ3n) is 4.59. The summed E-state index contributed by atoms with van der Waals surface area (Å²) in [7, 11) is 0. The first kappa shape index (κ1) is 18.3. The molecule has 0 atom stereocenters. The maximum atomic E-state index is 6.30. The Kier molecular flexibility index (Phi) is 4.94. The Bertz CT molecular complexity index is 1220. The molecule has 0 amide bonds. The van der Waals surface area contributed by atoms with Crippen LogP contribution in [0.5, 0.6) is 0 Å². The second-order valence-electron chi connectivity index (χ2n) is 6.31. The Labute approximate surface area is 172 Å². The van der Waals surface area contributed by atoms with Crippen molar-refractivity contribution in [3.63, 3.8) is 0 Å². The molecular weight excluding hydrogens is 395 g/mol. The highest BCUT2D eigenvalue weighted by Crippen LogP contribution is 2.30. The minimum Gasteiger partial charge on any atom is -0.337 e. The van der Waals surface area contributed by atoms with Crippen molar-refractivity contribution in [3.05, 3.63) is 90.1 Å². The van der Waals surface area contributed by atoms with Crippen molar-refractivity contribution >= 4 is 34.9 Å². The quantitative estimate of drug-likeness (QED) is 0.387. The van der Waals surface area contributed by atoms with Gasteiger partial charge in [0.1, 0.15) is 5.69 Å². The van der Waals surface area contributed by atoms with Crippen molar-refractivity contribution < 1.29 is 4.52 Å². The van der Waals surface area contributed by atoms with E-state index in [2.05, 4.69) is 28.5 Å². The molecule has 0 radical (unpaired) electrons. The summed E-state index contributed by atoms with van der Waals surface area (Å²) >= 11 is 6.30. The molecule has 3 heterocycles. The van der Waals surface area contributed by atoms with Crippen LogP contribution in [0.1, 0.15) is 5.56 Å². The lowest BCUT2D eigenvalue weighted by atomic mass is 10.1. The number of nitrogens with zero attached hydrogens (tertiary/aromatic N) is 4. The van der Waals surface area contributed by atoms with E-state index < -0.39 is 0 Å². The van der Waals surface area contributed by atoms with Crippen LogP contribution in [0, 0.1) is 0 Å². The minimum absolute atomic E-state index is 0. The number of fused-ring (bicyclic) bond motifs is 1. The van der Waals surface area contributed by atoms with Gasteiger partial charge in [-0.3, -0.25) is 4.57 Å². The van der Waals surface area contributed by atoms with Gasteiger partial charge in [-0.25, -0.2) is 4.98 Å². The van der Waals surface area contributed by atoms with E-state index in [0.29, 0.717) is 16.6 Å². The van der Waals surface area contributed by atoms with Crippen LogP contribution in [-0.2, 0) is 6.54 Å². The zero-order valence-corrected chi connectivity index (χ0v) is 16.3. The Balaban J connectivity index is 0.00000192. The number of rotatable bonds is 4. The molecule has 0 saturated carbocycles. The van der Waals surface area contributed by atoms with Gasteiger partial charge < -0.3 is 9.09 Å². The van der Waals surface area contributed by atoms with Crippen LogP contribution in [-0.4, -0.2) is 19.3 Å². The van der Waals surface area contributed by atoms with Crippen molar-refractivity contribution in [1.82, 2.24) is 19.3 Å². The Morgan fingerprint density at radius 2 is 1.86 bits per heavy atom. The highest BCUT2D eigenvalue weighted by atomic mass is 35.5. The first-order valence-corrected chi connectivity index (χ1v) is 8.94. The molecule has 0 fully saturated rings. The molecule has 0 saturated heterocycles. The molecule has 0 N–H and O–H groups in total. The van der Waals surface area contributed by atoms with Gasteiger partial charge in [0.15, 0.2) is 0 Å². The predicted octanol–water partition coefficient (Wildman–Crippen LogP) is 5.61. The summed E-state index contributed by atoms with van der Waals surface area (Å²) in [5.41, 5.74) is 3.81. The molecule has 5 nitrogen and oxygen atoms in total. The lowest BCUT2D eigenvalue weighted by molar-refractivity contribution is 0.410. The molecule has 0 bridgehead atoms. The smallest absolute Gasteiger partial charge is 0.236 e. The lowest BCUT2D eigenvalue weighted by Gasteiger charge is -1.99. The first-order valence-electron chi connectivity index (χ1n) is 8.56. The zero-order chi connectivity index (χ0) is 18.2. The zero-order valence-electron chi connectivity index (χ0n) is 14.7. The van der Waals surface area contributed by atoms with Gasteiger partial charge >= 0.3 is 0 Å². The summed E-state index contributed by atoms with van der Waals surface area (Å²) in [6.45, 7) is 0.735. The van der Waals surface area contributed by atoms with Crippen molar-refractivity contribution in [3.8, 4) is 17.1 Å². The summed E-state index contributed by atoms with van der Waals surface area (Å²) in [5.74, 6) is 0.651. The molecule has 5 aromatic rings. The SMILES string of the molecule is Cl.Clc1ccccc1-c1cc(-n2cc(Cn3ccnc3)c3ccccc32)on1. The molecule has 2 aromatic carbocycles. The normalized spacial score (nSPS) is 10.9. The maximum Gasteiger partial charge on any atom is 0.236 e. The van der Waals surface area contributed by atoms with Crippen molar-refractivity contribution in [1.29, 1.82) is 0 Å². The number of hydrogen-bond acceptors (Lipinski definition) is 3. The number of hydrogen-bond donors (Lipinski definition) is 0. The Hall–Kier alpha value is -3.02. The van der Waals surface area contributed by atoms with Gasteiger partial charge in [0, 0.05) is 35.6 Å². The highest BCUT2D eigenvalue weighted by Gasteiger charge is 2.15. The van der Waals surface area contributed by atoms with Crippen molar-refractivity contribution in [2.24, 2.45) is 0 Å². The number of para-hydroxylation sites is 1. The average molecular weight is 411 g/mol. The molecule has 3 aromatic heterocycles. The summed E-state index contributed by atoms with van der Waals surface area (Å²) < 4.78 is 9.72. The number of imidazole rings is 1. The third-order valence-corrected chi connectivity index (χ3v) is 4.92. The molecule has 0 aliphatic heterocycles. The van der Waals surface area contributed by atoms with Gasteiger partial charge in [-0.05, 0) is 17.7 Å². The van der Waals surface area contributed by atoms with Crippen LogP contribution in [0.2, 0.25) is 5.02 Å². The van der Waals surface area contributed by atoms with E-state index in [-0.39, 0.29) is 12.4 Å². The standard InChI is InChI=1S/C21H15ClN4O.ClH/c22-18-7-3-1-6-17(18)19-11-21(27-24-19)26-13-15(12-25-10-9-23-14-25)16-5-2-4-8-20(16)26;/h1-11,13-14H,12H2;1H. The van der Waals surface area contributed by atoms with E-state index in [1.165, 1.54) is 10.9 Å². The largest absolute Gasteiger partial charge is 0.337 e. The molecule has 0 aliphatic rings. The molecule has 0 aliphatic carbocycles. The fourth-order valence-electron chi connectivity index (χ4n) is 3.31. The topological polar surface area (TPSA) is 48.8 Å². The van der Waals surface area contributed by atoms with Gasteiger partial charge in [0.05, 0.1) is 23.4 Å². The Morgan fingerprint density at radius 3 is 2.68 bits per heavy atom. The van der Waals surface area contributed by atoms with Crippen LogP contribution < -0.4 is 0 Å². The summed E-state index contributed by atoms with van der Waals surface area (Å²) in [6.07, 6.45) is 7.64. The predicted molar refractivity (Wildman–Crippen MR) is 112 cm³/mol. The van der Waals surface area contributed by atoms with Gasteiger partial charge in [-0.15, -0.1) is 12.4 Å². The third kappa shape index (κ3) is 3.19. The number of aromatic nitrogens is 4. The Morgan fingerprint density at radius 1 is 1.04 bits per heavy atom. The van der Waals surface area contributed by atoms with E-state index in [1.807, 2.05) is 64.1 Å². The van der Waals surface area contributed by atoms with E-state index in [4.69, 9.17) is 16.1 Å². The van der Waals surface area contributed by atoms with Gasteiger partial charge in [0.2, 0.25) is 5.88 Å². The van der Waals surface area contributed by atoms with Crippen LogP contribution in [0.4, 0.5) is 0 Å². The summed E-state index contributed by atoms with van der Waals surface area (Å²) in [4.78, 5) is 4.12. The van der Waals surface area contributed by atoms with E-state index in [9.17, 15) is 0 Å². The van der Waals surface area contributed by atoms with E-state index in [1.54, 1.807) is 6.20 Å². The first-order chi connectivity index (χ1) is 13.3. The monoisotopic (exact) mass is 410 g/mol. The number of benzene rings is 2. The van der Waals surface area contributed by atoms with E-state index in [0.717, 1.165) is 17.6 Å². The second-order valence-corrected chi connectivity index (χ2v) is 6.71. The van der Waals surface area contributed by atoms with Crippen LogP contribution in [0.15, 0.2) is 84.0 Å². The summed E-state index contributed by atoms with van der Waals surface area (Å²) in [5, 5.41) is 6.04. The summed E-state index contributed by atoms with van der Waals surface area (Å²) in [6, 6.07) is 17.8. The van der Waals surface area contributed by atoms with Crippen LogP contribution in [0.3, 0.4) is 0 Å². The average Bonchev–Trinajstić information content (AvgIpc) is 3.43. The molecule has 140 valence electrons. The number of halogens is 2. The fourth-order valence-corrected chi connectivity index (χ4v) is 3.54. The van der Waals surface area contributed by atoms with Gasteiger partial charge in [0.25, 0.3) is 0 Å². The maximum absolute atomic E-state index is 6.30. The molecule has 28 heavy (non-hydrogen) atoms. The van der Waals surface area contributed by atoms with Gasteiger partial charge in [-0.1, -0.05) is 53.2 Å². The van der Waals surface area contributed by atoms with Crippen LogP contribution in [0.25, 0.3) is 28.0 Å². The molecule has 0 spiro atoms. The minimum atomic E-state index is 0. The fraction of sp³-hybridized carbons (Fsp3) is 0.0476. The van der Waals surface area contributed by atoms with Crippen molar-refractivity contribution in [2.45, 2.75) is 6.54 Å². The van der Waals surface area contributed by atoms with Gasteiger partial charge in [-0.2, -0.15) is 0 Å². The second kappa shape index (κ2) is 7.54. The molecule has 7 heteroatoms. The highest BCUT2D eigenvalue weighted by molar-refractivity contribution is 6.33. The lowest BCUT2D eigenvalue weighted by Crippen LogP contribution is -1.95. The van der Waals surface area contributed by atoms with E-state index >= 15 is 0 Å².